The summed E-state index contributed by atoms with van der Waals surface area (Å²) < 4.78 is 28.8. The molecule has 7 heteroatoms. The summed E-state index contributed by atoms with van der Waals surface area (Å²) in [5, 5.41) is 2.79. The number of carbonyl (C=O) groups excluding carboxylic acids is 1. The SMILES string of the molecule is O=C(NCc1ccnc(N2CCCC2)c1)c1cccc(OC(F)F)c1. The molecule has 0 atom stereocenters. The van der Waals surface area contributed by atoms with Gasteiger partial charge < -0.3 is 15.0 Å². The number of nitrogens with zero attached hydrogens (tertiary/aromatic N) is 2. The van der Waals surface area contributed by atoms with Crippen LogP contribution in [0.4, 0.5) is 14.6 Å². The van der Waals surface area contributed by atoms with Gasteiger partial charge in [0.1, 0.15) is 11.6 Å². The number of aromatic nitrogens is 1. The van der Waals surface area contributed by atoms with E-state index in [1.54, 1.807) is 12.3 Å². The second kappa shape index (κ2) is 7.92. The molecule has 1 fully saturated rings. The van der Waals surface area contributed by atoms with Crippen molar-refractivity contribution in [3.05, 3.63) is 53.7 Å². The Kier molecular flexibility index (Phi) is 5.42. The van der Waals surface area contributed by atoms with Crippen LogP contribution in [0.15, 0.2) is 42.6 Å². The number of nitrogens with one attached hydrogen (secondary N) is 1. The minimum Gasteiger partial charge on any atom is -0.435 e. The maximum Gasteiger partial charge on any atom is 0.387 e. The first-order chi connectivity index (χ1) is 12.1. The molecule has 0 aliphatic carbocycles. The van der Waals surface area contributed by atoms with Crippen LogP contribution in [-0.2, 0) is 6.54 Å². The van der Waals surface area contributed by atoms with Gasteiger partial charge in [0.05, 0.1) is 0 Å². The molecule has 2 aromatic rings. The van der Waals surface area contributed by atoms with E-state index in [0.29, 0.717) is 6.54 Å². The molecule has 1 aromatic carbocycles. The largest absolute Gasteiger partial charge is 0.435 e. The minimum atomic E-state index is -2.92. The van der Waals surface area contributed by atoms with Gasteiger partial charge in [-0.1, -0.05) is 6.07 Å². The highest BCUT2D eigenvalue weighted by atomic mass is 19.3. The highest BCUT2D eigenvalue weighted by Crippen LogP contribution is 2.19. The number of hydrogen-bond donors (Lipinski definition) is 1. The van der Waals surface area contributed by atoms with E-state index in [9.17, 15) is 13.6 Å². The number of halogens is 2. The molecular formula is C18H19F2N3O2. The third kappa shape index (κ3) is 4.65. The predicted molar refractivity (Wildman–Crippen MR) is 89.9 cm³/mol. The number of benzene rings is 1. The van der Waals surface area contributed by atoms with Crippen LogP contribution in [0.25, 0.3) is 0 Å². The van der Waals surface area contributed by atoms with Crippen LogP contribution in [0.3, 0.4) is 0 Å². The molecule has 1 saturated heterocycles. The van der Waals surface area contributed by atoms with Gasteiger partial charge in [-0.2, -0.15) is 8.78 Å². The number of anilines is 1. The number of hydrogen-bond acceptors (Lipinski definition) is 4. The van der Waals surface area contributed by atoms with Gasteiger partial charge in [-0.15, -0.1) is 0 Å². The smallest absolute Gasteiger partial charge is 0.387 e. The number of rotatable bonds is 6. The predicted octanol–water partition coefficient (Wildman–Crippen LogP) is 3.21. The van der Waals surface area contributed by atoms with E-state index in [1.165, 1.54) is 31.0 Å². The number of alkyl halides is 2. The van der Waals surface area contributed by atoms with Gasteiger partial charge in [-0.3, -0.25) is 4.79 Å². The number of pyridine rings is 1. The molecule has 5 nitrogen and oxygen atoms in total. The summed E-state index contributed by atoms with van der Waals surface area (Å²) in [6.07, 6.45) is 4.06. The quantitative estimate of drug-likeness (QED) is 0.872. The minimum absolute atomic E-state index is 0.0390. The van der Waals surface area contributed by atoms with Crippen LogP contribution < -0.4 is 15.0 Å². The Balaban J connectivity index is 1.61. The first kappa shape index (κ1) is 17.1. The molecule has 1 N–H and O–H groups in total. The van der Waals surface area contributed by atoms with Crippen molar-refractivity contribution in [1.29, 1.82) is 0 Å². The van der Waals surface area contributed by atoms with Gasteiger partial charge in [0, 0.05) is 31.4 Å². The second-order valence-electron chi connectivity index (χ2n) is 5.81. The zero-order chi connectivity index (χ0) is 17.6. The van der Waals surface area contributed by atoms with Gasteiger partial charge in [0.25, 0.3) is 5.91 Å². The number of carbonyl (C=O) groups is 1. The van der Waals surface area contributed by atoms with Crippen LogP contribution in [0.2, 0.25) is 0 Å². The first-order valence-corrected chi connectivity index (χ1v) is 8.15. The van der Waals surface area contributed by atoms with E-state index in [4.69, 9.17) is 0 Å². The third-order valence-electron chi connectivity index (χ3n) is 4.01. The summed E-state index contributed by atoms with van der Waals surface area (Å²) in [5.41, 5.74) is 1.21. The fourth-order valence-electron chi connectivity index (χ4n) is 2.79. The van der Waals surface area contributed by atoms with Crippen molar-refractivity contribution in [3.63, 3.8) is 0 Å². The molecule has 0 unspecified atom stereocenters. The summed E-state index contributed by atoms with van der Waals surface area (Å²) in [4.78, 5) is 18.8. The lowest BCUT2D eigenvalue weighted by Gasteiger charge is -2.17. The van der Waals surface area contributed by atoms with Crippen LogP contribution in [0.1, 0.15) is 28.8 Å². The lowest BCUT2D eigenvalue weighted by atomic mass is 10.2. The lowest BCUT2D eigenvalue weighted by molar-refractivity contribution is -0.0498. The third-order valence-corrected chi connectivity index (χ3v) is 4.01. The van der Waals surface area contributed by atoms with Gasteiger partial charge in [-0.05, 0) is 48.7 Å². The molecule has 0 spiro atoms. The Morgan fingerprint density at radius 1 is 1.24 bits per heavy atom. The van der Waals surface area contributed by atoms with Crippen LogP contribution in [0, 0.1) is 0 Å². The normalized spacial score (nSPS) is 14.0. The van der Waals surface area contributed by atoms with Crippen molar-refractivity contribution in [2.45, 2.75) is 26.0 Å². The molecule has 0 saturated carbocycles. The summed E-state index contributed by atoms with van der Waals surface area (Å²) in [7, 11) is 0. The second-order valence-corrected chi connectivity index (χ2v) is 5.81. The van der Waals surface area contributed by atoms with E-state index in [2.05, 4.69) is 19.9 Å². The van der Waals surface area contributed by atoms with Gasteiger partial charge >= 0.3 is 6.61 Å². The molecule has 3 rings (SSSR count). The van der Waals surface area contributed by atoms with Crippen molar-refractivity contribution >= 4 is 11.7 Å². The van der Waals surface area contributed by atoms with Crippen molar-refractivity contribution in [2.24, 2.45) is 0 Å². The molecule has 0 radical (unpaired) electrons. The van der Waals surface area contributed by atoms with Gasteiger partial charge in [0.2, 0.25) is 0 Å². The average Bonchev–Trinajstić information content (AvgIpc) is 3.14. The Morgan fingerprint density at radius 3 is 2.80 bits per heavy atom. The monoisotopic (exact) mass is 347 g/mol. The standard InChI is InChI=1S/C18H19F2N3O2/c19-18(20)25-15-5-3-4-14(11-15)17(24)22-12-13-6-7-21-16(10-13)23-8-1-2-9-23/h3-7,10-11,18H,1-2,8-9,12H2,(H,22,24). The van der Waals surface area contributed by atoms with Crippen LogP contribution >= 0.6 is 0 Å². The molecule has 25 heavy (non-hydrogen) atoms. The first-order valence-electron chi connectivity index (χ1n) is 8.15. The van der Waals surface area contributed by atoms with E-state index < -0.39 is 6.61 Å². The van der Waals surface area contributed by atoms with Crippen LogP contribution in [0.5, 0.6) is 5.75 Å². The van der Waals surface area contributed by atoms with Crippen LogP contribution in [-0.4, -0.2) is 30.6 Å². The molecule has 132 valence electrons. The average molecular weight is 347 g/mol. The maximum absolute atomic E-state index is 12.3. The topological polar surface area (TPSA) is 54.5 Å². The highest BCUT2D eigenvalue weighted by Gasteiger charge is 2.14. The summed E-state index contributed by atoms with van der Waals surface area (Å²) in [5.74, 6) is 0.527. The lowest BCUT2D eigenvalue weighted by Crippen LogP contribution is -2.23. The molecular weight excluding hydrogens is 328 g/mol. The Morgan fingerprint density at radius 2 is 2.04 bits per heavy atom. The Bertz CT molecular complexity index is 734. The zero-order valence-electron chi connectivity index (χ0n) is 13.6. The molecule has 1 aliphatic rings. The fourth-order valence-corrected chi connectivity index (χ4v) is 2.79. The van der Waals surface area contributed by atoms with E-state index >= 15 is 0 Å². The molecule has 0 bridgehead atoms. The maximum atomic E-state index is 12.3. The van der Waals surface area contributed by atoms with E-state index in [1.807, 2.05) is 12.1 Å². The highest BCUT2D eigenvalue weighted by molar-refractivity contribution is 5.94. The van der Waals surface area contributed by atoms with E-state index in [-0.39, 0.29) is 17.2 Å². The Labute approximate surface area is 144 Å². The van der Waals surface area contributed by atoms with Gasteiger partial charge in [-0.25, -0.2) is 4.98 Å². The van der Waals surface area contributed by atoms with E-state index in [0.717, 1.165) is 24.5 Å². The van der Waals surface area contributed by atoms with Crippen molar-refractivity contribution in [2.75, 3.05) is 18.0 Å². The molecule has 1 amide bonds. The summed E-state index contributed by atoms with van der Waals surface area (Å²) >= 11 is 0. The summed E-state index contributed by atoms with van der Waals surface area (Å²) in [6, 6.07) is 9.54. The molecule has 1 aromatic heterocycles. The zero-order valence-corrected chi connectivity index (χ0v) is 13.6. The molecule has 1 aliphatic heterocycles. The molecule has 2 heterocycles. The number of amides is 1. The van der Waals surface area contributed by atoms with Crippen molar-refractivity contribution in [3.8, 4) is 5.75 Å². The van der Waals surface area contributed by atoms with Gasteiger partial charge in [0.15, 0.2) is 0 Å². The summed E-state index contributed by atoms with van der Waals surface area (Å²) in [6.45, 7) is -0.583. The van der Waals surface area contributed by atoms with Crippen molar-refractivity contribution < 1.29 is 18.3 Å². The van der Waals surface area contributed by atoms with Crippen molar-refractivity contribution in [1.82, 2.24) is 10.3 Å². The fraction of sp³-hybridized carbons (Fsp3) is 0.333. The number of ether oxygens (including phenoxy) is 1. The Hall–Kier alpha value is -2.70.